The Kier molecular flexibility index (Phi) is 7.00. The number of nitriles is 1. The molecular formula is C25H30FN7O2. The molecule has 0 bridgehead atoms. The van der Waals surface area contributed by atoms with Gasteiger partial charge < -0.3 is 21.1 Å². The van der Waals surface area contributed by atoms with Crippen molar-refractivity contribution in [2.75, 3.05) is 25.5 Å². The Morgan fingerprint density at radius 1 is 1.34 bits per heavy atom. The van der Waals surface area contributed by atoms with Crippen LogP contribution in [-0.2, 0) is 0 Å². The third-order valence-corrected chi connectivity index (χ3v) is 6.34. The molecule has 1 aliphatic carbocycles. The van der Waals surface area contributed by atoms with Crippen molar-refractivity contribution >= 4 is 17.1 Å². The number of anilines is 1. The van der Waals surface area contributed by atoms with Gasteiger partial charge in [-0.1, -0.05) is 0 Å². The molecular weight excluding hydrogens is 449 g/mol. The zero-order valence-electron chi connectivity index (χ0n) is 20.0. The first-order valence-electron chi connectivity index (χ1n) is 11.6. The van der Waals surface area contributed by atoms with Crippen molar-refractivity contribution in [3.63, 3.8) is 0 Å². The summed E-state index contributed by atoms with van der Waals surface area (Å²) in [5.41, 5.74) is 1.88. The van der Waals surface area contributed by atoms with E-state index in [1.807, 2.05) is 19.2 Å². The van der Waals surface area contributed by atoms with E-state index in [0.717, 1.165) is 24.9 Å². The first-order valence-corrected chi connectivity index (χ1v) is 11.6. The monoisotopic (exact) mass is 479 g/mol. The number of aromatic nitrogens is 3. The van der Waals surface area contributed by atoms with Gasteiger partial charge in [-0.05, 0) is 70.5 Å². The summed E-state index contributed by atoms with van der Waals surface area (Å²) < 4.78 is 15.9. The molecule has 4 N–H and O–H groups in total. The van der Waals surface area contributed by atoms with Crippen LogP contribution in [0.2, 0.25) is 0 Å². The van der Waals surface area contributed by atoms with Crippen molar-refractivity contribution in [1.82, 2.24) is 25.2 Å². The fourth-order valence-corrected chi connectivity index (χ4v) is 4.21. The van der Waals surface area contributed by atoms with E-state index in [1.54, 1.807) is 16.6 Å². The number of nitrogens with zero attached hydrogens (tertiary/aromatic N) is 4. The number of halogens is 1. The number of hydrogen-bond acceptors (Lipinski definition) is 7. The number of rotatable bonds is 9. The smallest absolute Gasteiger partial charge is 0.255 e. The number of carbonyl (C=O) groups is 1. The molecule has 0 unspecified atom stereocenters. The molecule has 3 heterocycles. The number of alkyl halides is 1. The highest BCUT2D eigenvalue weighted by Gasteiger charge is 2.30. The van der Waals surface area contributed by atoms with E-state index in [1.165, 1.54) is 26.2 Å². The molecule has 9 nitrogen and oxygen atoms in total. The molecule has 0 aromatic carbocycles. The lowest BCUT2D eigenvalue weighted by Crippen LogP contribution is -2.42. The Bertz CT molecular complexity index is 1250. The molecule has 1 fully saturated rings. The second-order valence-electron chi connectivity index (χ2n) is 9.59. The Hall–Kier alpha value is -3.55. The molecule has 35 heavy (non-hydrogen) atoms. The van der Waals surface area contributed by atoms with Crippen molar-refractivity contribution in [3.8, 4) is 17.5 Å². The molecule has 0 aliphatic heterocycles. The van der Waals surface area contributed by atoms with E-state index >= 15 is 0 Å². The van der Waals surface area contributed by atoms with Gasteiger partial charge in [-0.25, -0.2) is 8.91 Å². The fourth-order valence-electron chi connectivity index (χ4n) is 4.21. The Morgan fingerprint density at radius 2 is 2.11 bits per heavy atom. The van der Waals surface area contributed by atoms with E-state index in [4.69, 9.17) is 5.26 Å². The molecule has 0 radical (unpaired) electrons. The minimum absolute atomic E-state index is 0.209. The predicted octanol–water partition coefficient (Wildman–Crippen LogP) is 2.52. The van der Waals surface area contributed by atoms with Crippen molar-refractivity contribution < 1.29 is 14.3 Å². The standard InChI is InChI=1S/C25H30FN7O2/c1-25(2,35)23(26)14-30-24(34)19-13-29-21(9-20(19)32-17-6-15(7-17)11-28-3)22-5-4-18-8-16(10-27)12-31-33(18)22/h4-5,8-9,12-13,15,17,23,28,35H,6-7,11,14H2,1-3H3,(H,29,32)(H,30,34)/t15?,17?,23-/m1/s1. The summed E-state index contributed by atoms with van der Waals surface area (Å²) in [6, 6.07) is 9.54. The molecule has 10 heteroatoms. The van der Waals surface area contributed by atoms with Crippen LogP contribution in [0.5, 0.6) is 0 Å². The summed E-state index contributed by atoms with van der Waals surface area (Å²) >= 11 is 0. The number of pyridine rings is 1. The van der Waals surface area contributed by atoms with Gasteiger partial charge in [0, 0.05) is 12.2 Å². The maximum absolute atomic E-state index is 14.2. The molecule has 3 aromatic rings. The van der Waals surface area contributed by atoms with Crippen molar-refractivity contribution in [2.24, 2.45) is 5.92 Å². The molecule has 1 aliphatic rings. The first kappa shape index (κ1) is 24.6. The van der Waals surface area contributed by atoms with E-state index in [0.29, 0.717) is 34.1 Å². The van der Waals surface area contributed by atoms with Crippen LogP contribution in [0.25, 0.3) is 16.9 Å². The number of nitrogens with one attached hydrogen (secondary N) is 3. The van der Waals surface area contributed by atoms with Crippen molar-refractivity contribution in [2.45, 2.75) is 44.5 Å². The average molecular weight is 480 g/mol. The van der Waals surface area contributed by atoms with Gasteiger partial charge in [-0.2, -0.15) is 10.4 Å². The maximum Gasteiger partial charge on any atom is 0.255 e. The fraction of sp³-hybridized carbons (Fsp3) is 0.440. The number of carbonyl (C=O) groups excluding carboxylic acids is 1. The van der Waals surface area contributed by atoms with Crippen LogP contribution in [0.15, 0.2) is 36.7 Å². The van der Waals surface area contributed by atoms with Gasteiger partial charge >= 0.3 is 0 Å². The molecule has 1 saturated carbocycles. The zero-order chi connectivity index (χ0) is 25.2. The van der Waals surface area contributed by atoms with Crippen LogP contribution in [0.1, 0.15) is 42.6 Å². The van der Waals surface area contributed by atoms with E-state index < -0.39 is 17.7 Å². The average Bonchev–Trinajstić information content (AvgIpc) is 3.23. The van der Waals surface area contributed by atoms with Crippen LogP contribution < -0.4 is 16.0 Å². The Labute approximate surface area is 203 Å². The van der Waals surface area contributed by atoms with Crippen LogP contribution >= 0.6 is 0 Å². The van der Waals surface area contributed by atoms with E-state index in [-0.39, 0.29) is 12.6 Å². The van der Waals surface area contributed by atoms with Gasteiger partial charge in [0.15, 0.2) is 0 Å². The molecule has 4 rings (SSSR count). The van der Waals surface area contributed by atoms with Crippen molar-refractivity contribution in [1.29, 1.82) is 5.26 Å². The number of aliphatic hydroxyl groups is 1. The lowest BCUT2D eigenvalue weighted by molar-refractivity contribution is -0.00177. The van der Waals surface area contributed by atoms with E-state index in [9.17, 15) is 14.3 Å². The highest BCUT2D eigenvalue weighted by molar-refractivity contribution is 6.00. The minimum Gasteiger partial charge on any atom is -0.387 e. The van der Waals surface area contributed by atoms with Crippen LogP contribution in [0.4, 0.5) is 10.1 Å². The molecule has 1 amide bonds. The molecule has 0 saturated heterocycles. The van der Waals surface area contributed by atoms with Gasteiger partial charge in [0.1, 0.15) is 12.2 Å². The predicted molar refractivity (Wildman–Crippen MR) is 131 cm³/mol. The summed E-state index contributed by atoms with van der Waals surface area (Å²) in [5, 5.41) is 32.5. The molecule has 184 valence electrons. The summed E-state index contributed by atoms with van der Waals surface area (Å²) in [6.07, 6.45) is 3.29. The second kappa shape index (κ2) is 9.98. The summed E-state index contributed by atoms with van der Waals surface area (Å²) in [7, 11) is 1.93. The highest BCUT2D eigenvalue weighted by atomic mass is 19.1. The SMILES string of the molecule is CNCC1CC(Nc2cc(-c3ccc4cc(C#N)cnn34)ncc2C(=O)NC[C@@H](F)C(C)(C)O)C1. The number of fused-ring (bicyclic) bond motifs is 1. The molecule has 0 spiro atoms. The Morgan fingerprint density at radius 3 is 2.80 bits per heavy atom. The van der Waals surface area contributed by atoms with Crippen LogP contribution in [-0.4, -0.2) is 63.6 Å². The minimum atomic E-state index is -1.61. The summed E-state index contributed by atoms with van der Waals surface area (Å²) in [6.45, 7) is 3.35. The summed E-state index contributed by atoms with van der Waals surface area (Å²) in [5.74, 6) is 0.102. The third-order valence-electron chi connectivity index (χ3n) is 6.34. The highest BCUT2D eigenvalue weighted by Crippen LogP contribution is 2.32. The molecule has 3 aromatic heterocycles. The topological polar surface area (TPSA) is 127 Å². The number of hydrogen-bond donors (Lipinski definition) is 4. The quantitative estimate of drug-likeness (QED) is 0.371. The maximum atomic E-state index is 14.2. The van der Waals surface area contributed by atoms with Crippen molar-refractivity contribution in [3.05, 3.63) is 47.8 Å². The van der Waals surface area contributed by atoms with Crippen LogP contribution in [0.3, 0.4) is 0 Å². The third kappa shape index (κ3) is 5.42. The lowest BCUT2D eigenvalue weighted by Gasteiger charge is -2.36. The largest absolute Gasteiger partial charge is 0.387 e. The normalized spacial score (nSPS) is 18.5. The number of amides is 1. The van der Waals surface area contributed by atoms with Gasteiger partial charge in [0.2, 0.25) is 0 Å². The van der Waals surface area contributed by atoms with Crippen LogP contribution in [0, 0.1) is 17.2 Å². The van der Waals surface area contributed by atoms with Gasteiger partial charge in [0.05, 0.1) is 52.1 Å². The van der Waals surface area contributed by atoms with Gasteiger partial charge in [0.25, 0.3) is 5.91 Å². The summed E-state index contributed by atoms with van der Waals surface area (Å²) in [4.78, 5) is 17.4. The Balaban J connectivity index is 1.62. The molecule has 1 atom stereocenters. The van der Waals surface area contributed by atoms with E-state index in [2.05, 4.69) is 32.1 Å². The van der Waals surface area contributed by atoms with Gasteiger partial charge in [-0.3, -0.25) is 9.78 Å². The van der Waals surface area contributed by atoms with Gasteiger partial charge in [-0.15, -0.1) is 0 Å². The first-order chi connectivity index (χ1) is 16.7. The zero-order valence-corrected chi connectivity index (χ0v) is 20.0. The second-order valence-corrected chi connectivity index (χ2v) is 9.59. The lowest BCUT2D eigenvalue weighted by atomic mass is 9.80.